The molecule has 2 aromatic rings. The molecule has 0 aliphatic rings. The van der Waals surface area contributed by atoms with Gasteiger partial charge in [-0.25, -0.2) is 17.8 Å². The minimum Gasteiger partial charge on any atom is -0.469 e. The Morgan fingerprint density at radius 2 is 2.05 bits per heavy atom. The summed E-state index contributed by atoms with van der Waals surface area (Å²) in [5, 5.41) is 1.68. The Morgan fingerprint density at radius 1 is 1.38 bits per heavy atom. The van der Waals surface area contributed by atoms with Gasteiger partial charge < -0.3 is 4.74 Å². The molecule has 0 atom stereocenters. The molecule has 0 amide bonds. The molecule has 0 aliphatic heterocycles. The van der Waals surface area contributed by atoms with E-state index < -0.39 is 21.8 Å². The molecule has 1 N–H and O–H groups in total. The highest BCUT2D eigenvalue weighted by Gasteiger charge is 2.16. The topological polar surface area (TPSA) is 85.4 Å². The predicted molar refractivity (Wildman–Crippen MR) is 75.0 cm³/mol. The number of ether oxygens (including phenoxy) is 1. The number of thiazole rings is 1. The molecule has 0 aliphatic carbocycles. The van der Waals surface area contributed by atoms with Crippen LogP contribution in [0.25, 0.3) is 0 Å². The van der Waals surface area contributed by atoms with Gasteiger partial charge in [-0.2, -0.15) is 0 Å². The number of carbonyl (C=O) groups is 1. The molecule has 1 aromatic carbocycles. The lowest BCUT2D eigenvalue weighted by Gasteiger charge is -2.04. The maximum Gasteiger partial charge on any atom is 0.311 e. The Labute approximate surface area is 124 Å². The zero-order chi connectivity index (χ0) is 15.5. The average molecular weight is 330 g/mol. The molecule has 1 aromatic heterocycles. The number of carbonyl (C=O) groups excluding carboxylic acids is 1. The number of methoxy groups -OCH3 is 1. The van der Waals surface area contributed by atoms with Gasteiger partial charge in [-0.1, -0.05) is 0 Å². The molecule has 2 rings (SSSR count). The molecular weight excluding hydrogens is 319 g/mol. The van der Waals surface area contributed by atoms with E-state index in [0.717, 1.165) is 35.6 Å². The fraction of sp³-hybridized carbons (Fsp3) is 0.167. The van der Waals surface area contributed by atoms with Crippen LogP contribution in [-0.2, 0) is 26.0 Å². The van der Waals surface area contributed by atoms with Crippen LogP contribution in [0.3, 0.4) is 0 Å². The van der Waals surface area contributed by atoms with Crippen LogP contribution < -0.4 is 4.72 Å². The molecule has 6 nitrogen and oxygen atoms in total. The first kappa shape index (κ1) is 15.4. The number of rotatable bonds is 5. The van der Waals surface area contributed by atoms with E-state index in [2.05, 4.69) is 14.4 Å². The highest BCUT2D eigenvalue weighted by molar-refractivity contribution is 7.93. The summed E-state index contributed by atoms with van der Waals surface area (Å²) < 4.78 is 43.6. The second kappa shape index (κ2) is 6.19. The number of aromatic nitrogens is 1. The molecule has 0 fully saturated rings. The number of esters is 1. The van der Waals surface area contributed by atoms with Crippen molar-refractivity contribution in [1.82, 2.24) is 4.98 Å². The molecule has 0 bridgehead atoms. The third-order valence-corrected chi connectivity index (χ3v) is 4.74. The minimum absolute atomic E-state index is 0.0364. The van der Waals surface area contributed by atoms with Crippen LogP contribution in [0.1, 0.15) is 5.69 Å². The fourth-order valence-electron chi connectivity index (χ4n) is 1.44. The number of anilines is 1. The number of hydrogen-bond acceptors (Lipinski definition) is 6. The average Bonchev–Trinajstić information content (AvgIpc) is 2.85. The molecule has 0 radical (unpaired) electrons. The summed E-state index contributed by atoms with van der Waals surface area (Å²) in [6.45, 7) is 0. The van der Waals surface area contributed by atoms with E-state index in [0.29, 0.717) is 5.69 Å². The highest BCUT2D eigenvalue weighted by Crippen LogP contribution is 2.20. The van der Waals surface area contributed by atoms with Gasteiger partial charge in [0.25, 0.3) is 10.0 Å². The van der Waals surface area contributed by atoms with Crippen molar-refractivity contribution in [3.8, 4) is 0 Å². The second-order valence-corrected chi connectivity index (χ2v) is 6.50. The summed E-state index contributed by atoms with van der Waals surface area (Å²) in [5.41, 5.74) is 0.406. The number of hydrogen-bond donors (Lipinski definition) is 1. The lowest BCUT2D eigenvalue weighted by atomic mass is 10.3. The van der Waals surface area contributed by atoms with Crippen LogP contribution in [0.5, 0.6) is 0 Å². The van der Waals surface area contributed by atoms with Gasteiger partial charge >= 0.3 is 5.97 Å². The largest absolute Gasteiger partial charge is 0.469 e. The number of halogens is 1. The summed E-state index contributed by atoms with van der Waals surface area (Å²) in [6.07, 6.45) is -0.0364. The summed E-state index contributed by atoms with van der Waals surface area (Å²) in [4.78, 5) is 15.0. The van der Waals surface area contributed by atoms with E-state index in [-0.39, 0.29) is 16.4 Å². The SMILES string of the molecule is COC(=O)Cc1csc(NS(=O)(=O)c2ccc(F)cc2)n1. The van der Waals surface area contributed by atoms with Gasteiger partial charge in [-0.15, -0.1) is 11.3 Å². The van der Waals surface area contributed by atoms with Crippen molar-refractivity contribution in [3.05, 3.63) is 41.2 Å². The summed E-state index contributed by atoms with van der Waals surface area (Å²) in [7, 11) is -2.58. The molecule has 0 saturated carbocycles. The Kier molecular flexibility index (Phi) is 4.53. The smallest absolute Gasteiger partial charge is 0.311 e. The van der Waals surface area contributed by atoms with Crippen LogP contribution in [0.4, 0.5) is 9.52 Å². The lowest BCUT2D eigenvalue weighted by Crippen LogP contribution is -2.13. The van der Waals surface area contributed by atoms with Crippen molar-refractivity contribution in [2.24, 2.45) is 0 Å². The van der Waals surface area contributed by atoms with Gasteiger partial charge in [0.1, 0.15) is 5.82 Å². The third-order valence-electron chi connectivity index (χ3n) is 2.45. The first-order valence-corrected chi connectivity index (χ1v) is 8.06. The van der Waals surface area contributed by atoms with E-state index in [1.165, 1.54) is 7.11 Å². The van der Waals surface area contributed by atoms with Crippen LogP contribution in [0.2, 0.25) is 0 Å². The summed E-state index contributed by atoms with van der Waals surface area (Å²) >= 11 is 1.04. The molecule has 0 unspecified atom stereocenters. The Morgan fingerprint density at radius 3 is 2.67 bits per heavy atom. The van der Waals surface area contributed by atoms with Crippen molar-refractivity contribution in [3.63, 3.8) is 0 Å². The van der Waals surface area contributed by atoms with Crippen molar-refractivity contribution in [1.29, 1.82) is 0 Å². The van der Waals surface area contributed by atoms with E-state index in [1.54, 1.807) is 5.38 Å². The van der Waals surface area contributed by atoms with E-state index >= 15 is 0 Å². The summed E-state index contributed by atoms with van der Waals surface area (Å²) in [5.74, 6) is -0.989. The third kappa shape index (κ3) is 3.99. The van der Waals surface area contributed by atoms with Crippen LogP contribution in [-0.4, -0.2) is 26.5 Å². The second-order valence-electron chi connectivity index (χ2n) is 3.96. The Hall–Kier alpha value is -2.00. The quantitative estimate of drug-likeness (QED) is 0.845. The number of sulfonamides is 1. The molecular formula is C12H11FN2O4S2. The molecule has 9 heteroatoms. The molecule has 21 heavy (non-hydrogen) atoms. The zero-order valence-electron chi connectivity index (χ0n) is 10.9. The maximum absolute atomic E-state index is 12.8. The summed E-state index contributed by atoms with van der Waals surface area (Å²) in [6, 6.07) is 4.42. The van der Waals surface area contributed by atoms with Crippen molar-refractivity contribution < 1.29 is 22.3 Å². The van der Waals surface area contributed by atoms with Gasteiger partial charge in [0.15, 0.2) is 5.13 Å². The Balaban J connectivity index is 2.14. The van der Waals surface area contributed by atoms with E-state index in [9.17, 15) is 17.6 Å². The standard InChI is InChI=1S/C12H11FN2O4S2/c1-19-11(16)6-9-7-20-12(14-9)15-21(17,18)10-4-2-8(13)3-5-10/h2-5,7H,6H2,1H3,(H,14,15). The van der Waals surface area contributed by atoms with Crippen molar-refractivity contribution >= 4 is 32.5 Å². The first-order chi connectivity index (χ1) is 9.90. The number of benzene rings is 1. The van der Waals surface area contributed by atoms with Crippen molar-refractivity contribution in [2.45, 2.75) is 11.3 Å². The maximum atomic E-state index is 12.8. The molecule has 112 valence electrons. The van der Waals surface area contributed by atoms with Gasteiger partial charge in [0.05, 0.1) is 24.1 Å². The lowest BCUT2D eigenvalue weighted by molar-refractivity contribution is -0.139. The Bertz CT molecular complexity index is 741. The normalized spacial score (nSPS) is 11.1. The van der Waals surface area contributed by atoms with Crippen LogP contribution >= 0.6 is 11.3 Å². The van der Waals surface area contributed by atoms with Crippen LogP contribution in [0.15, 0.2) is 34.5 Å². The highest BCUT2D eigenvalue weighted by atomic mass is 32.2. The van der Waals surface area contributed by atoms with Crippen molar-refractivity contribution in [2.75, 3.05) is 11.8 Å². The molecule has 1 heterocycles. The predicted octanol–water partition coefficient (Wildman–Crippen LogP) is 1.80. The van der Waals surface area contributed by atoms with Gasteiger partial charge in [0.2, 0.25) is 0 Å². The van der Waals surface area contributed by atoms with Gasteiger partial charge in [0, 0.05) is 5.38 Å². The molecule has 0 saturated heterocycles. The number of nitrogens with zero attached hydrogens (tertiary/aromatic N) is 1. The zero-order valence-corrected chi connectivity index (χ0v) is 12.5. The van der Waals surface area contributed by atoms with E-state index in [4.69, 9.17) is 0 Å². The fourth-order valence-corrected chi connectivity index (χ4v) is 3.41. The van der Waals surface area contributed by atoms with Crippen LogP contribution in [0, 0.1) is 5.82 Å². The number of nitrogens with one attached hydrogen (secondary N) is 1. The van der Waals surface area contributed by atoms with Gasteiger partial charge in [-0.05, 0) is 24.3 Å². The minimum atomic E-state index is -3.84. The monoisotopic (exact) mass is 330 g/mol. The van der Waals surface area contributed by atoms with Gasteiger partial charge in [-0.3, -0.25) is 9.52 Å². The van der Waals surface area contributed by atoms with E-state index in [1.807, 2.05) is 0 Å². The first-order valence-electron chi connectivity index (χ1n) is 5.70. The molecule has 0 spiro atoms.